The number of likely N-dealkylation sites (N-methyl/N-ethyl adjacent to an activating group) is 1. The van der Waals surface area contributed by atoms with Gasteiger partial charge in [-0.25, -0.2) is 0 Å². The lowest BCUT2D eigenvalue weighted by Gasteiger charge is -2.39. The molecule has 0 spiro atoms. The molecule has 5 nitrogen and oxygen atoms in total. The summed E-state index contributed by atoms with van der Waals surface area (Å²) in [7, 11) is 3.30. The van der Waals surface area contributed by atoms with Crippen LogP contribution in [-0.4, -0.2) is 41.8 Å². The molecular weight excluding hydrogens is 238 g/mol. The van der Waals surface area contributed by atoms with Gasteiger partial charge < -0.3 is 16.0 Å². The van der Waals surface area contributed by atoms with Gasteiger partial charge in [-0.15, -0.1) is 0 Å². The van der Waals surface area contributed by atoms with Crippen LogP contribution in [0.25, 0.3) is 0 Å². The predicted molar refractivity (Wildman–Crippen MR) is 69.4 cm³/mol. The Hall–Kier alpha value is -1.17. The van der Waals surface area contributed by atoms with E-state index in [0.29, 0.717) is 12.8 Å². The van der Waals surface area contributed by atoms with Crippen molar-refractivity contribution >= 4 is 29.0 Å². The monoisotopic (exact) mass is 257 g/mol. The third-order valence-corrected chi connectivity index (χ3v) is 3.66. The van der Waals surface area contributed by atoms with Crippen molar-refractivity contribution in [3.05, 3.63) is 0 Å². The minimum absolute atomic E-state index is 0.143. The molecule has 96 valence electrons. The van der Waals surface area contributed by atoms with Crippen molar-refractivity contribution in [2.75, 3.05) is 14.1 Å². The number of rotatable bonds is 4. The van der Waals surface area contributed by atoms with Crippen molar-refractivity contribution in [1.29, 1.82) is 0 Å². The molecule has 1 aliphatic carbocycles. The molecule has 0 aliphatic heterocycles. The van der Waals surface area contributed by atoms with Crippen LogP contribution in [0.3, 0.4) is 0 Å². The number of hydrogen-bond acceptors (Lipinski definition) is 3. The fraction of sp³-hybridized carbons (Fsp3) is 0.727. The van der Waals surface area contributed by atoms with Crippen LogP contribution in [0.15, 0.2) is 0 Å². The normalized spacial score (nSPS) is 18.8. The van der Waals surface area contributed by atoms with E-state index in [1.165, 1.54) is 4.90 Å². The van der Waals surface area contributed by atoms with E-state index in [1.54, 1.807) is 21.0 Å². The maximum Gasteiger partial charge on any atom is 0.244 e. The molecule has 2 amide bonds. The quantitative estimate of drug-likeness (QED) is 0.697. The average Bonchev–Trinajstić information content (AvgIpc) is 2.13. The Morgan fingerprint density at radius 2 is 1.94 bits per heavy atom. The van der Waals surface area contributed by atoms with Gasteiger partial charge in [0.15, 0.2) is 0 Å². The summed E-state index contributed by atoms with van der Waals surface area (Å²) in [6.45, 7) is 1.66. The summed E-state index contributed by atoms with van der Waals surface area (Å²) >= 11 is 4.95. The number of hydrogen-bond donors (Lipinski definition) is 2. The highest BCUT2D eigenvalue weighted by molar-refractivity contribution is 7.80. The molecular formula is C11H19N3O2S. The Bertz CT molecular complexity index is 351. The standard InChI is InChI=1S/C11H19N3O2S/c1-7(8(15)14(2)3)13-10(16)11(9(12)17)5-4-6-11/h7H,4-6H2,1-3H3,(H2,12,17)(H,13,16). The Kier molecular flexibility index (Phi) is 4.08. The first kappa shape index (κ1) is 13.9. The lowest BCUT2D eigenvalue weighted by molar-refractivity contribution is -0.137. The van der Waals surface area contributed by atoms with Gasteiger partial charge in [0.25, 0.3) is 0 Å². The van der Waals surface area contributed by atoms with Gasteiger partial charge in [-0.1, -0.05) is 18.6 Å². The number of nitrogens with two attached hydrogens (primary N) is 1. The second-order valence-corrected chi connectivity index (χ2v) is 5.17. The van der Waals surface area contributed by atoms with Crippen LogP contribution >= 0.6 is 12.2 Å². The molecule has 0 aromatic heterocycles. The molecule has 1 aliphatic rings. The minimum Gasteiger partial charge on any atom is -0.392 e. The van der Waals surface area contributed by atoms with E-state index in [9.17, 15) is 9.59 Å². The van der Waals surface area contributed by atoms with Gasteiger partial charge >= 0.3 is 0 Å². The highest BCUT2D eigenvalue weighted by Gasteiger charge is 2.47. The summed E-state index contributed by atoms with van der Waals surface area (Å²) in [5.41, 5.74) is 4.89. The first-order chi connectivity index (χ1) is 7.81. The molecule has 0 aromatic rings. The van der Waals surface area contributed by atoms with Crippen LogP contribution in [0.1, 0.15) is 26.2 Å². The first-order valence-electron chi connectivity index (χ1n) is 5.63. The molecule has 0 bridgehead atoms. The topological polar surface area (TPSA) is 75.4 Å². The lowest BCUT2D eigenvalue weighted by Crippen LogP contribution is -2.56. The summed E-state index contributed by atoms with van der Waals surface area (Å²) in [5.74, 6) is -0.366. The zero-order valence-corrected chi connectivity index (χ0v) is 11.3. The maximum absolute atomic E-state index is 12.1. The fourth-order valence-electron chi connectivity index (χ4n) is 1.90. The highest BCUT2D eigenvalue weighted by Crippen LogP contribution is 2.41. The second kappa shape index (κ2) is 5.00. The molecule has 0 radical (unpaired) electrons. The van der Waals surface area contributed by atoms with Crippen molar-refractivity contribution in [3.8, 4) is 0 Å². The van der Waals surface area contributed by atoms with E-state index in [0.717, 1.165) is 6.42 Å². The van der Waals surface area contributed by atoms with Crippen molar-refractivity contribution in [3.63, 3.8) is 0 Å². The molecule has 6 heteroatoms. The number of nitrogens with one attached hydrogen (secondary N) is 1. The zero-order chi connectivity index (χ0) is 13.2. The minimum atomic E-state index is -0.726. The molecule has 0 heterocycles. The first-order valence-corrected chi connectivity index (χ1v) is 6.04. The Morgan fingerprint density at radius 3 is 2.24 bits per heavy atom. The van der Waals surface area contributed by atoms with E-state index in [4.69, 9.17) is 18.0 Å². The van der Waals surface area contributed by atoms with E-state index in [2.05, 4.69) is 5.32 Å². The van der Waals surface area contributed by atoms with Crippen LogP contribution in [0.4, 0.5) is 0 Å². The number of carbonyl (C=O) groups excluding carboxylic acids is 2. The van der Waals surface area contributed by atoms with Gasteiger partial charge in [0.1, 0.15) is 6.04 Å². The smallest absolute Gasteiger partial charge is 0.244 e. The van der Waals surface area contributed by atoms with Crippen LogP contribution in [0, 0.1) is 5.41 Å². The molecule has 17 heavy (non-hydrogen) atoms. The van der Waals surface area contributed by atoms with Crippen LogP contribution in [0.5, 0.6) is 0 Å². The Labute approximate surface area is 107 Å². The molecule has 1 atom stereocenters. The lowest BCUT2D eigenvalue weighted by atomic mass is 9.68. The summed E-state index contributed by atoms with van der Waals surface area (Å²) in [4.78, 5) is 25.4. The Morgan fingerprint density at radius 1 is 1.41 bits per heavy atom. The largest absolute Gasteiger partial charge is 0.392 e. The molecule has 1 rings (SSSR count). The third-order valence-electron chi connectivity index (χ3n) is 3.27. The Balaban J connectivity index is 2.66. The van der Waals surface area contributed by atoms with Crippen molar-refractivity contribution in [2.24, 2.45) is 11.1 Å². The number of carbonyl (C=O) groups is 2. The molecule has 0 aromatic carbocycles. The van der Waals surface area contributed by atoms with Crippen LogP contribution < -0.4 is 11.1 Å². The summed E-state index contributed by atoms with van der Waals surface area (Å²) < 4.78 is 0. The number of nitrogens with zero attached hydrogens (tertiary/aromatic N) is 1. The van der Waals surface area contributed by atoms with Crippen molar-refractivity contribution in [2.45, 2.75) is 32.2 Å². The predicted octanol–water partition coefficient (Wildman–Crippen LogP) is 0.0357. The third kappa shape index (κ3) is 2.57. The summed E-state index contributed by atoms with van der Waals surface area (Å²) in [6.07, 6.45) is 2.30. The van der Waals surface area contributed by atoms with Gasteiger partial charge in [-0.05, 0) is 19.8 Å². The molecule has 1 fully saturated rings. The van der Waals surface area contributed by atoms with E-state index < -0.39 is 11.5 Å². The van der Waals surface area contributed by atoms with Gasteiger partial charge in [0, 0.05) is 14.1 Å². The van der Waals surface area contributed by atoms with Gasteiger partial charge in [-0.3, -0.25) is 9.59 Å². The average molecular weight is 257 g/mol. The fourth-order valence-corrected chi connectivity index (χ4v) is 2.20. The number of amides is 2. The SMILES string of the molecule is CC(NC(=O)C1(C(N)=S)CCC1)C(=O)N(C)C. The molecule has 3 N–H and O–H groups in total. The highest BCUT2D eigenvalue weighted by atomic mass is 32.1. The van der Waals surface area contributed by atoms with Gasteiger partial charge in [0.2, 0.25) is 11.8 Å². The maximum atomic E-state index is 12.1. The zero-order valence-electron chi connectivity index (χ0n) is 10.4. The van der Waals surface area contributed by atoms with Gasteiger partial charge in [0.05, 0.1) is 10.4 Å². The van der Waals surface area contributed by atoms with Crippen LogP contribution in [-0.2, 0) is 9.59 Å². The molecule has 0 saturated heterocycles. The van der Waals surface area contributed by atoms with E-state index >= 15 is 0 Å². The van der Waals surface area contributed by atoms with Gasteiger partial charge in [-0.2, -0.15) is 0 Å². The summed E-state index contributed by atoms with van der Waals surface area (Å²) in [5, 5.41) is 2.69. The summed E-state index contributed by atoms with van der Waals surface area (Å²) in [6, 6.07) is -0.552. The number of thiocarbonyl (C=S) groups is 1. The van der Waals surface area contributed by atoms with Crippen molar-refractivity contribution in [1.82, 2.24) is 10.2 Å². The van der Waals surface area contributed by atoms with Crippen molar-refractivity contribution < 1.29 is 9.59 Å². The molecule has 1 unspecified atom stereocenters. The van der Waals surface area contributed by atoms with E-state index in [-0.39, 0.29) is 16.8 Å². The van der Waals surface area contributed by atoms with E-state index in [1.807, 2.05) is 0 Å². The van der Waals surface area contributed by atoms with Crippen LogP contribution in [0.2, 0.25) is 0 Å². The second-order valence-electron chi connectivity index (χ2n) is 4.73. The molecule has 1 saturated carbocycles.